The third-order valence-corrected chi connectivity index (χ3v) is 6.25. The second-order valence-electron chi connectivity index (χ2n) is 8.46. The van der Waals surface area contributed by atoms with Gasteiger partial charge < -0.3 is 9.80 Å². The van der Waals surface area contributed by atoms with E-state index in [1.807, 2.05) is 13.1 Å². The van der Waals surface area contributed by atoms with Gasteiger partial charge in [0.05, 0.1) is 24.0 Å². The molecule has 0 aromatic carbocycles. The first-order valence-electron chi connectivity index (χ1n) is 10.8. The quantitative estimate of drug-likeness (QED) is 0.638. The average Bonchev–Trinajstić information content (AvgIpc) is 3.53. The topological polar surface area (TPSA) is 97.9 Å². The lowest BCUT2D eigenvalue weighted by Gasteiger charge is -2.41. The zero-order valence-corrected chi connectivity index (χ0v) is 18.4. The van der Waals surface area contributed by atoms with E-state index >= 15 is 0 Å². The molecule has 1 aliphatic heterocycles. The monoisotopic (exact) mass is 421 g/mol. The number of rotatable bonds is 4. The number of fused-ring (bicyclic) bond motifs is 3. The third-order valence-electron chi connectivity index (χ3n) is 6.25. The summed E-state index contributed by atoms with van der Waals surface area (Å²) < 4.78 is 3.64. The first kappa shape index (κ1) is 19.7. The lowest BCUT2D eigenvalue weighted by atomic mass is 10.0. The molecule has 31 heavy (non-hydrogen) atoms. The lowest BCUT2D eigenvalue weighted by molar-refractivity contribution is 0.0827. The highest BCUT2D eigenvalue weighted by Gasteiger charge is 2.39. The summed E-state index contributed by atoms with van der Waals surface area (Å²) >= 11 is 0. The summed E-state index contributed by atoms with van der Waals surface area (Å²) in [4.78, 5) is 25.8. The molecule has 1 amide bonds. The molecule has 10 nitrogen and oxygen atoms in total. The van der Waals surface area contributed by atoms with E-state index in [1.54, 1.807) is 31.2 Å². The maximum atomic E-state index is 12.3. The fraction of sp³-hybridized carbons (Fsp3) is 0.524. The van der Waals surface area contributed by atoms with Gasteiger partial charge in [0.25, 0.3) is 11.9 Å². The van der Waals surface area contributed by atoms with Gasteiger partial charge in [-0.1, -0.05) is 19.8 Å². The highest BCUT2D eigenvalue weighted by atomic mass is 16.2. The van der Waals surface area contributed by atoms with Crippen molar-refractivity contribution in [3.63, 3.8) is 0 Å². The Kier molecular flexibility index (Phi) is 4.71. The van der Waals surface area contributed by atoms with E-state index in [0.717, 1.165) is 42.4 Å². The molecule has 3 aromatic heterocycles. The van der Waals surface area contributed by atoms with Gasteiger partial charge in [0.2, 0.25) is 0 Å². The SMILES string of the molecule is CCC1c2nnc(C)n2-c2cnc(-n3cc(C(=O)N(C)C)cn3)nc2N1C1CCCC1. The molecule has 162 valence electrons. The number of anilines is 1. The molecule has 1 fully saturated rings. The molecule has 5 rings (SSSR count). The van der Waals surface area contributed by atoms with E-state index in [0.29, 0.717) is 17.6 Å². The van der Waals surface area contributed by atoms with Gasteiger partial charge in [0, 0.05) is 26.3 Å². The third kappa shape index (κ3) is 3.08. The molecule has 1 unspecified atom stereocenters. The number of aromatic nitrogens is 7. The van der Waals surface area contributed by atoms with Crippen molar-refractivity contribution >= 4 is 11.7 Å². The minimum Gasteiger partial charge on any atom is -0.345 e. The molecule has 0 N–H and O–H groups in total. The zero-order valence-electron chi connectivity index (χ0n) is 18.4. The van der Waals surface area contributed by atoms with Crippen LogP contribution in [0.2, 0.25) is 0 Å². The van der Waals surface area contributed by atoms with E-state index in [9.17, 15) is 4.79 Å². The van der Waals surface area contributed by atoms with Crippen LogP contribution in [-0.2, 0) is 0 Å². The highest BCUT2D eigenvalue weighted by Crippen LogP contribution is 2.43. The molecule has 1 atom stereocenters. The van der Waals surface area contributed by atoms with Crippen molar-refractivity contribution in [3.8, 4) is 11.6 Å². The minimum atomic E-state index is -0.104. The molecule has 0 radical (unpaired) electrons. The molecule has 4 heterocycles. The maximum absolute atomic E-state index is 12.3. The fourth-order valence-electron chi connectivity index (χ4n) is 4.77. The first-order chi connectivity index (χ1) is 15.0. The van der Waals surface area contributed by atoms with Crippen LogP contribution in [0.25, 0.3) is 11.6 Å². The summed E-state index contributed by atoms with van der Waals surface area (Å²) in [6.07, 6.45) is 10.7. The van der Waals surface area contributed by atoms with Crippen LogP contribution in [-0.4, -0.2) is 65.5 Å². The molecule has 1 aliphatic carbocycles. The number of nitrogens with zero attached hydrogens (tertiary/aromatic N) is 9. The predicted molar refractivity (Wildman–Crippen MR) is 115 cm³/mol. The summed E-state index contributed by atoms with van der Waals surface area (Å²) in [7, 11) is 3.44. The van der Waals surface area contributed by atoms with Gasteiger partial charge in [0.1, 0.15) is 11.5 Å². The Morgan fingerprint density at radius 2 is 1.97 bits per heavy atom. The Labute approximate surface area is 180 Å². The van der Waals surface area contributed by atoms with Crippen molar-refractivity contribution in [1.82, 2.24) is 39.4 Å². The summed E-state index contributed by atoms with van der Waals surface area (Å²) in [5.41, 5.74) is 1.40. The van der Waals surface area contributed by atoms with Gasteiger partial charge >= 0.3 is 0 Å². The molecular formula is C21H27N9O. The van der Waals surface area contributed by atoms with Gasteiger partial charge in [-0.05, 0) is 26.2 Å². The molecule has 10 heteroatoms. The van der Waals surface area contributed by atoms with E-state index < -0.39 is 0 Å². The summed E-state index contributed by atoms with van der Waals surface area (Å²) in [6, 6.07) is 0.531. The van der Waals surface area contributed by atoms with Crippen molar-refractivity contribution in [2.24, 2.45) is 0 Å². The second kappa shape index (κ2) is 7.44. The predicted octanol–water partition coefficient (Wildman–Crippen LogP) is 2.47. The molecule has 1 saturated carbocycles. The van der Waals surface area contributed by atoms with Crippen LogP contribution in [0.4, 0.5) is 5.82 Å². The second-order valence-corrected chi connectivity index (χ2v) is 8.46. The van der Waals surface area contributed by atoms with Crippen LogP contribution in [0.1, 0.15) is 67.1 Å². The van der Waals surface area contributed by atoms with E-state index in [2.05, 4.69) is 36.7 Å². The Morgan fingerprint density at radius 1 is 1.19 bits per heavy atom. The minimum absolute atomic E-state index is 0.104. The van der Waals surface area contributed by atoms with Gasteiger partial charge in [-0.25, -0.2) is 9.67 Å². The van der Waals surface area contributed by atoms with Gasteiger partial charge in [0.15, 0.2) is 11.6 Å². The standard InChI is InChI=1S/C21H27N9O/c1-5-16-19-26-25-13(2)29(19)17-11-22-21(24-18(17)30(16)15-8-6-7-9-15)28-12-14(10-23-28)20(31)27(3)4/h10-12,15-16H,5-9H2,1-4H3. The van der Waals surface area contributed by atoms with Crippen molar-refractivity contribution in [1.29, 1.82) is 0 Å². The first-order valence-corrected chi connectivity index (χ1v) is 10.8. The largest absolute Gasteiger partial charge is 0.345 e. The highest BCUT2D eigenvalue weighted by molar-refractivity contribution is 5.93. The Bertz CT molecular complexity index is 1130. The number of hydrogen-bond acceptors (Lipinski definition) is 7. The molecule has 0 saturated heterocycles. The average molecular weight is 422 g/mol. The van der Waals surface area contributed by atoms with Crippen molar-refractivity contribution in [3.05, 3.63) is 35.8 Å². The van der Waals surface area contributed by atoms with Crippen LogP contribution in [0, 0.1) is 6.92 Å². The van der Waals surface area contributed by atoms with Crippen LogP contribution in [0.3, 0.4) is 0 Å². The fourth-order valence-corrected chi connectivity index (χ4v) is 4.77. The van der Waals surface area contributed by atoms with Crippen LogP contribution < -0.4 is 4.90 Å². The summed E-state index contributed by atoms with van der Waals surface area (Å²) in [5, 5.41) is 13.2. The summed E-state index contributed by atoms with van der Waals surface area (Å²) in [5.74, 6) is 3.01. The number of amides is 1. The van der Waals surface area contributed by atoms with E-state index in [4.69, 9.17) is 4.98 Å². The molecule has 2 aliphatic rings. The number of carbonyl (C=O) groups excluding carboxylic acids is 1. The zero-order chi connectivity index (χ0) is 21.7. The number of aryl methyl sites for hydroxylation is 1. The van der Waals surface area contributed by atoms with Crippen molar-refractivity contribution in [2.45, 2.75) is 58.0 Å². The van der Waals surface area contributed by atoms with E-state index in [1.165, 1.54) is 17.7 Å². The summed E-state index contributed by atoms with van der Waals surface area (Å²) in [6.45, 7) is 4.14. The van der Waals surface area contributed by atoms with Crippen LogP contribution >= 0.6 is 0 Å². The van der Waals surface area contributed by atoms with E-state index in [-0.39, 0.29) is 11.9 Å². The van der Waals surface area contributed by atoms with Gasteiger partial charge in [-0.3, -0.25) is 9.36 Å². The Hall–Kier alpha value is -3.30. The molecule has 0 bridgehead atoms. The molecule has 3 aromatic rings. The Morgan fingerprint density at radius 3 is 2.68 bits per heavy atom. The maximum Gasteiger partial charge on any atom is 0.256 e. The van der Waals surface area contributed by atoms with Crippen LogP contribution in [0.5, 0.6) is 0 Å². The van der Waals surface area contributed by atoms with Crippen LogP contribution in [0.15, 0.2) is 18.6 Å². The lowest BCUT2D eigenvalue weighted by Crippen LogP contribution is -2.42. The van der Waals surface area contributed by atoms with Crippen molar-refractivity contribution in [2.75, 3.05) is 19.0 Å². The van der Waals surface area contributed by atoms with Crippen molar-refractivity contribution < 1.29 is 4.79 Å². The Balaban J connectivity index is 1.63. The smallest absolute Gasteiger partial charge is 0.256 e. The van der Waals surface area contributed by atoms with Gasteiger partial charge in [-0.15, -0.1) is 10.2 Å². The molecular weight excluding hydrogens is 394 g/mol. The van der Waals surface area contributed by atoms with Gasteiger partial charge in [-0.2, -0.15) is 10.1 Å². The molecule has 0 spiro atoms. The number of hydrogen-bond donors (Lipinski definition) is 0. The normalized spacial score (nSPS) is 18.2. The number of carbonyl (C=O) groups is 1.